The van der Waals surface area contributed by atoms with Gasteiger partial charge in [-0.25, -0.2) is 13.2 Å². The Balaban J connectivity index is 1.55. The average Bonchev–Trinajstić information content (AvgIpc) is 2.76. The first-order valence-electron chi connectivity index (χ1n) is 10.3. The highest BCUT2D eigenvalue weighted by molar-refractivity contribution is 5.83. The first-order chi connectivity index (χ1) is 14.4. The van der Waals surface area contributed by atoms with Crippen LogP contribution < -0.4 is 10.5 Å². The van der Waals surface area contributed by atoms with Crippen LogP contribution >= 0.6 is 0 Å². The van der Waals surface area contributed by atoms with Gasteiger partial charge in [0.25, 0.3) is 0 Å². The second kappa shape index (κ2) is 8.26. The van der Waals surface area contributed by atoms with E-state index in [-0.39, 0.29) is 17.9 Å². The summed E-state index contributed by atoms with van der Waals surface area (Å²) in [6.07, 6.45) is 6.46. The predicted octanol–water partition coefficient (Wildman–Crippen LogP) is 5.65. The molecule has 0 radical (unpaired) electrons. The number of pyridine rings is 1. The number of nitrogens with zero attached hydrogens (tertiary/aromatic N) is 1. The maximum atomic E-state index is 14.5. The van der Waals surface area contributed by atoms with Gasteiger partial charge in [-0.1, -0.05) is 13.0 Å². The summed E-state index contributed by atoms with van der Waals surface area (Å²) in [6.45, 7) is 1.99. The van der Waals surface area contributed by atoms with Crippen LogP contribution in [0.1, 0.15) is 44.6 Å². The molecule has 1 heterocycles. The Kier molecular flexibility index (Phi) is 5.69. The van der Waals surface area contributed by atoms with E-state index in [4.69, 9.17) is 10.5 Å². The lowest BCUT2D eigenvalue weighted by Crippen LogP contribution is -2.49. The Morgan fingerprint density at radius 2 is 1.80 bits per heavy atom. The molecule has 3 nitrogen and oxygen atoms in total. The van der Waals surface area contributed by atoms with Crippen molar-refractivity contribution >= 4 is 10.8 Å². The van der Waals surface area contributed by atoms with Gasteiger partial charge in [-0.2, -0.15) is 0 Å². The molecular formula is C24H25F3N2O. The van der Waals surface area contributed by atoms with E-state index in [1.54, 1.807) is 24.5 Å². The lowest BCUT2D eigenvalue weighted by atomic mass is 9.64. The van der Waals surface area contributed by atoms with E-state index >= 15 is 0 Å². The van der Waals surface area contributed by atoms with Crippen LogP contribution in [0.25, 0.3) is 10.8 Å². The molecular weight excluding hydrogens is 389 g/mol. The predicted molar refractivity (Wildman–Crippen MR) is 111 cm³/mol. The summed E-state index contributed by atoms with van der Waals surface area (Å²) in [5.74, 6) is -1.92. The SMILES string of the molecule is CC[C@H](N)[C@]1(c2ccc(F)c(F)c2)CC[C@H](Oc2cc3ccncc3cc2F)CC1. The van der Waals surface area contributed by atoms with Crippen molar-refractivity contribution in [2.45, 2.75) is 56.6 Å². The third-order valence-electron chi connectivity index (χ3n) is 6.45. The van der Waals surface area contributed by atoms with E-state index in [2.05, 4.69) is 4.98 Å². The molecule has 158 valence electrons. The van der Waals surface area contributed by atoms with Crippen LogP contribution in [-0.2, 0) is 5.41 Å². The maximum Gasteiger partial charge on any atom is 0.165 e. The van der Waals surface area contributed by atoms with Gasteiger partial charge in [-0.15, -0.1) is 0 Å². The molecule has 1 saturated carbocycles. The van der Waals surface area contributed by atoms with Crippen LogP contribution in [0.5, 0.6) is 5.75 Å². The Morgan fingerprint density at radius 3 is 2.50 bits per heavy atom. The number of fused-ring (bicyclic) bond motifs is 1. The number of ether oxygens (including phenoxy) is 1. The van der Waals surface area contributed by atoms with Crippen LogP contribution in [0.15, 0.2) is 48.8 Å². The number of nitrogens with two attached hydrogens (primary N) is 1. The van der Waals surface area contributed by atoms with E-state index < -0.39 is 22.9 Å². The highest BCUT2D eigenvalue weighted by Crippen LogP contribution is 2.44. The Bertz CT molecular complexity index is 1050. The number of hydrogen-bond acceptors (Lipinski definition) is 3. The number of hydrogen-bond donors (Lipinski definition) is 1. The summed E-state index contributed by atoms with van der Waals surface area (Å²) in [4.78, 5) is 4.01. The number of aromatic nitrogens is 1. The van der Waals surface area contributed by atoms with Gasteiger partial charge >= 0.3 is 0 Å². The third kappa shape index (κ3) is 3.76. The summed E-state index contributed by atoms with van der Waals surface area (Å²) in [7, 11) is 0. The normalized spacial score (nSPS) is 22.8. The van der Waals surface area contributed by atoms with Gasteiger partial charge in [-0.05, 0) is 73.4 Å². The summed E-state index contributed by atoms with van der Waals surface area (Å²) < 4.78 is 47.9. The van der Waals surface area contributed by atoms with Crippen molar-refractivity contribution in [1.29, 1.82) is 0 Å². The largest absolute Gasteiger partial charge is 0.487 e. The molecule has 6 heteroatoms. The standard InChI is InChI=1S/C24H25F3N2O/c1-2-23(28)24(17-3-4-19(25)20(26)13-17)8-5-18(6-9-24)30-22-12-15-7-10-29-14-16(15)11-21(22)27/h3-4,7,10-14,18,23H,2,5-6,8-9,28H2,1H3/t18-,23-,24+/m0/s1. The van der Waals surface area contributed by atoms with Crippen LogP contribution in [-0.4, -0.2) is 17.1 Å². The zero-order valence-electron chi connectivity index (χ0n) is 16.9. The van der Waals surface area contributed by atoms with Crippen LogP contribution in [0.4, 0.5) is 13.2 Å². The molecule has 0 amide bonds. The molecule has 0 unspecified atom stereocenters. The van der Waals surface area contributed by atoms with Gasteiger partial charge in [-0.3, -0.25) is 4.98 Å². The molecule has 0 aliphatic heterocycles. The molecule has 1 aromatic heterocycles. The molecule has 3 aromatic rings. The third-order valence-corrected chi connectivity index (χ3v) is 6.45. The van der Waals surface area contributed by atoms with Crippen LogP contribution in [0.2, 0.25) is 0 Å². The van der Waals surface area contributed by atoms with Crippen LogP contribution in [0.3, 0.4) is 0 Å². The molecule has 1 aliphatic rings. The zero-order valence-corrected chi connectivity index (χ0v) is 16.9. The van der Waals surface area contributed by atoms with Crippen molar-refractivity contribution < 1.29 is 17.9 Å². The van der Waals surface area contributed by atoms with E-state index in [0.717, 1.165) is 28.8 Å². The van der Waals surface area contributed by atoms with Gasteiger partial charge < -0.3 is 10.5 Å². The fourth-order valence-corrected chi connectivity index (χ4v) is 4.65. The monoisotopic (exact) mass is 414 g/mol. The Hall–Kier alpha value is -2.60. The van der Waals surface area contributed by atoms with Gasteiger partial charge in [0.05, 0.1) is 6.10 Å². The van der Waals surface area contributed by atoms with Gasteiger partial charge in [0, 0.05) is 29.2 Å². The highest BCUT2D eigenvalue weighted by Gasteiger charge is 2.42. The first kappa shape index (κ1) is 20.7. The second-order valence-electron chi connectivity index (χ2n) is 8.12. The van der Waals surface area contributed by atoms with Crippen molar-refractivity contribution in [1.82, 2.24) is 4.98 Å². The van der Waals surface area contributed by atoms with Crippen molar-refractivity contribution in [3.8, 4) is 5.75 Å². The quantitative estimate of drug-likeness (QED) is 0.587. The van der Waals surface area contributed by atoms with E-state index in [1.807, 2.05) is 13.0 Å². The van der Waals surface area contributed by atoms with Gasteiger partial charge in [0.2, 0.25) is 0 Å². The van der Waals surface area contributed by atoms with Gasteiger partial charge in [0.15, 0.2) is 23.2 Å². The van der Waals surface area contributed by atoms with E-state index in [0.29, 0.717) is 25.7 Å². The minimum atomic E-state index is -0.863. The zero-order chi connectivity index (χ0) is 21.3. The van der Waals surface area contributed by atoms with Crippen LogP contribution in [0, 0.1) is 17.5 Å². The first-order valence-corrected chi connectivity index (χ1v) is 10.3. The summed E-state index contributed by atoms with van der Waals surface area (Å²) in [5.41, 5.74) is 6.74. The lowest BCUT2D eigenvalue weighted by molar-refractivity contribution is 0.0998. The molecule has 2 N–H and O–H groups in total. The van der Waals surface area contributed by atoms with E-state index in [1.165, 1.54) is 12.1 Å². The lowest BCUT2D eigenvalue weighted by Gasteiger charge is -2.44. The fourth-order valence-electron chi connectivity index (χ4n) is 4.65. The molecule has 4 rings (SSSR count). The molecule has 0 bridgehead atoms. The second-order valence-corrected chi connectivity index (χ2v) is 8.12. The molecule has 1 atom stereocenters. The smallest absolute Gasteiger partial charge is 0.165 e. The highest BCUT2D eigenvalue weighted by atomic mass is 19.2. The topological polar surface area (TPSA) is 48.1 Å². The minimum absolute atomic E-state index is 0.165. The molecule has 1 fully saturated rings. The van der Waals surface area contributed by atoms with Gasteiger partial charge in [0.1, 0.15) is 0 Å². The molecule has 0 spiro atoms. The summed E-state index contributed by atoms with van der Waals surface area (Å²) >= 11 is 0. The Labute approximate surface area is 174 Å². The molecule has 0 saturated heterocycles. The Morgan fingerprint density at radius 1 is 1.03 bits per heavy atom. The summed E-state index contributed by atoms with van der Waals surface area (Å²) in [6, 6.07) is 8.82. The van der Waals surface area contributed by atoms with E-state index in [9.17, 15) is 13.2 Å². The number of rotatable bonds is 5. The van der Waals surface area contributed by atoms with Crippen molar-refractivity contribution in [2.75, 3.05) is 0 Å². The molecule has 30 heavy (non-hydrogen) atoms. The van der Waals surface area contributed by atoms with Crippen molar-refractivity contribution in [3.63, 3.8) is 0 Å². The maximum absolute atomic E-state index is 14.5. The fraction of sp³-hybridized carbons (Fsp3) is 0.375. The minimum Gasteiger partial charge on any atom is -0.487 e. The number of halogens is 3. The average molecular weight is 414 g/mol. The summed E-state index contributed by atoms with van der Waals surface area (Å²) in [5, 5.41) is 1.58. The van der Waals surface area contributed by atoms with Crippen molar-refractivity contribution in [2.24, 2.45) is 5.73 Å². The number of benzene rings is 2. The van der Waals surface area contributed by atoms with Crippen molar-refractivity contribution in [3.05, 3.63) is 71.8 Å². The molecule has 1 aliphatic carbocycles. The molecule has 2 aromatic carbocycles.